The highest BCUT2D eigenvalue weighted by atomic mass is 35.5. The van der Waals surface area contributed by atoms with Gasteiger partial charge in [-0.2, -0.15) is 0 Å². The van der Waals surface area contributed by atoms with Gasteiger partial charge in [-0.25, -0.2) is 4.39 Å². The number of amides is 2. The van der Waals surface area contributed by atoms with Gasteiger partial charge in [-0.05, 0) is 42.5 Å². The summed E-state index contributed by atoms with van der Waals surface area (Å²) in [7, 11) is 0. The molecule has 0 aliphatic carbocycles. The molecule has 0 aromatic heterocycles. The van der Waals surface area contributed by atoms with Gasteiger partial charge < -0.3 is 15.4 Å². The second-order valence-corrected chi connectivity index (χ2v) is 5.28. The summed E-state index contributed by atoms with van der Waals surface area (Å²) < 4.78 is 18.4. The Bertz CT molecular complexity index is 707. The minimum atomic E-state index is -0.512. The van der Waals surface area contributed by atoms with Crippen LogP contribution in [0.1, 0.15) is 10.4 Å². The van der Waals surface area contributed by atoms with Gasteiger partial charge in [-0.1, -0.05) is 17.7 Å². The van der Waals surface area contributed by atoms with E-state index < -0.39 is 11.7 Å². The van der Waals surface area contributed by atoms with Gasteiger partial charge in [0.25, 0.3) is 5.91 Å². The largest absolute Gasteiger partial charge is 0.492 e. The van der Waals surface area contributed by atoms with Crippen molar-refractivity contribution in [1.82, 2.24) is 10.6 Å². The molecular formula is C17H16ClFN2O3. The SMILES string of the molecule is O=C(CNC(=O)c1cccc(F)c1)NCCOc1ccc(Cl)cc1. The molecular weight excluding hydrogens is 335 g/mol. The number of hydrogen-bond donors (Lipinski definition) is 2. The molecule has 2 aromatic carbocycles. The van der Waals surface area contributed by atoms with Gasteiger partial charge in [0.15, 0.2) is 0 Å². The molecule has 0 aliphatic heterocycles. The predicted molar refractivity (Wildman–Crippen MR) is 88.7 cm³/mol. The zero-order valence-corrected chi connectivity index (χ0v) is 13.5. The smallest absolute Gasteiger partial charge is 0.251 e. The van der Waals surface area contributed by atoms with E-state index in [2.05, 4.69) is 10.6 Å². The van der Waals surface area contributed by atoms with Crippen molar-refractivity contribution in [1.29, 1.82) is 0 Å². The Morgan fingerprint density at radius 3 is 2.54 bits per heavy atom. The summed E-state index contributed by atoms with van der Waals surface area (Å²) in [4.78, 5) is 23.4. The predicted octanol–water partition coefficient (Wildman–Crippen LogP) is 2.40. The number of carbonyl (C=O) groups excluding carboxylic acids is 2. The van der Waals surface area contributed by atoms with Crippen molar-refractivity contribution in [3.63, 3.8) is 0 Å². The van der Waals surface area contributed by atoms with Crippen molar-refractivity contribution in [2.75, 3.05) is 19.7 Å². The molecule has 0 spiro atoms. The lowest BCUT2D eigenvalue weighted by atomic mass is 10.2. The monoisotopic (exact) mass is 350 g/mol. The van der Waals surface area contributed by atoms with Crippen LogP contribution in [0.2, 0.25) is 5.02 Å². The Morgan fingerprint density at radius 2 is 1.83 bits per heavy atom. The van der Waals surface area contributed by atoms with E-state index >= 15 is 0 Å². The molecule has 0 radical (unpaired) electrons. The highest BCUT2D eigenvalue weighted by molar-refractivity contribution is 6.30. The maximum absolute atomic E-state index is 13.0. The first-order valence-corrected chi connectivity index (χ1v) is 7.61. The first kappa shape index (κ1) is 17.7. The van der Waals surface area contributed by atoms with E-state index in [4.69, 9.17) is 16.3 Å². The molecule has 0 saturated heterocycles. The Labute approximate surface area is 143 Å². The third-order valence-electron chi connectivity index (χ3n) is 3.00. The number of halogens is 2. The summed E-state index contributed by atoms with van der Waals surface area (Å²) in [6.07, 6.45) is 0. The molecule has 0 unspecified atom stereocenters. The van der Waals surface area contributed by atoms with Gasteiger partial charge in [0.2, 0.25) is 5.91 Å². The van der Waals surface area contributed by atoms with Crippen LogP contribution in [-0.2, 0) is 4.79 Å². The van der Waals surface area contributed by atoms with Crippen molar-refractivity contribution < 1.29 is 18.7 Å². The summed E-state index contributed by atoms with van der Waals surface area (Å²) in [6, 6.07) is 12.1. The second-order valence-electron chi connectivity index (χ2n) is 4.85. The molecule has 2 aromatic rings. The number of benzene rings is 2. The molecule has 0 atom stereocenters. The number of hydrogen-bond acceptors (Lipinski definition) is 3. The average molecular weight is 351 g/mol. The lowest BCUT2D eigenvalue weighted by Crippen LogP contribution is -2.38. The molecule has 126 valence electrons. The lowest BCUT2D eigenvalue weighted by Gasteiger charge is -2.09. The van der Waals surface area contributed by atoms with E-state index in [0.29, 0.717) is 10.8 Å². The fourth-order valence-electron chi connectivity index (χ4n) is 1.84. The molecule has 0 bridgehead atoms. The molecule has 2 rings (SSSR count). The Balaban J connectivity index is 1.64. The maximum Gasteiger partial charge on any atom is 0.251 e. The van der Waals surface area contributed by atoms with E-state index in [1.807, 2.05) is 0 Å². The molecule has 0 saturated carbocycles. The van der Waals surface area contributed by atoms with Crippen LogP contribution in [0.5, 0.6) is 5.75 Å². The number of rotatable bonds is 7. The maximum atomic E-state index is 13.0. The summed E-state index contributed by atoms with van der Waals surface area (Å²) in [5.41, 5.74) is 0.161. The quantitative estimate of drug-likeness (QED) is 0.753. The van der Waals surface area contributed by atoms with Crippen LogP contribution >= 0.6 is 11.6 Å². The molecule has 5 nitrogen and oxygen atoms in total. The van der Waals surface area contributed by atoms with Crippen molar-refractivity contribution in [2.24, 2.45) is 0 Å². The Kier molecular flexibility index (Phi) is 6.57. The van der Waals surface area contributed by atoms with Crippen molar-refractivity contribution >= 4 is 23.4 Å². The topological polar surface area (TPSA) is 67.4 Å². The van der Waals surface area contributed by atoms with Crippen LogP contribution < -0.4 is 15.4 Å². The lowest BCUT2D eigenvalue weighted by molar-refractivity contribution is -0.120. The van der Waals surface area contributed by atoms with Crippen LogP contribution in [0.3, 0.4) is 0 Å². The highest BCUT2D eigenvalue weighted by Crippen LogP contribution is 2.15. The summed E-state index contributed by atoms with van der Waals surface area (Å²) in [6.45, 7) is 0.374. The van der Waals surface area contributed by atoms with Gasteiger partial charge >= 0.3 is 0 Å². The number of carbonyl (C=O) groups is 2. The van der Waals surface area contributed by atoms with E-state index in [0.717, 1.165) is 6.07 Å². The molecule has 0 fully saturated rings. The molecule has 0 heterocycles. The number of nitrogens with one attached hydrogen (secondary N) is 2. The fraction of sp³-hybridized carbons (Fsp3) is 0.176. The van der Waals surface area contributed by atoms with Crippen molar-refractivity contribution in [3.05, 3.63) is 64.9 Å². The normalized spacial score (nSPS) is 10.1. The molecule has 2 N–H and O–H groups in total. The summed E-state index contributed by atoms with van der Waals surface area (Å²) in [5.74, 6) is -0.735. The second kappa shape index (κ2) is 8.88. The Morgan fingerprint density at radius 1 is 1.08 bits per heavy atom. The van der Waals surface area contributed by atoms with Crippen LogP contribution in [0.15, 0.2) is 48.5 Å². The minimum absolute atomic E-state index is 0.161. The zero-order valence-electron chi connectivity index (χ0n) is 12.7. The van der Waals surface area contributed by atoms with Gasteiger partial charge in [0, 0.05) is 10.6 Å². The van der Waals surface area contributed by atoms with Crippen LogP contribution in [0, 0.1) is 5.82 Å². The third-order valence-corrected chi connectivity index (χ3v) is 3.25. The van der Waals surface area contributed by atoms with Gasteiger partial charge in [-0.3, -0.25) is 9.59 Å². The number of ether oxygens (including phenoxy) is 1. The van der Waals surface area contributed by atoms with E-state index in [1.165, 1.54) is 18.2 Å². The van der Waals surface area contributed by atoms with Crippen molar-refractivity contribution in [2.45, 2.75) is 0 Å². The summed E-state index contributed by atoms with van der Waals surface area (Å²) >= 11 is 5.76. The third kappa shape index (κ3) is 5.89. The van der Waals surface area contributed by atoms with Crippen molar-refractivity contribution in [3.8, 4) is 5.75 Å². The molecule has 0 aliphatic rings. The average Bonchev–Trinajstić information content (AvgIpc) is 2.58. The van der Waals surface area contributed by atoms with Gasteiger partial charge in [0.05, 0.1) is 13.1 Å². The first-order valence-electron chi connectivity index (χ1n) is 7.23. The van der Waals surface area contributed by atoms with Crippen LogP contribution in [0.4, 0.5) is 4.39 Å². The highest BCUT2D eigenvalue weighted by Gasteiger charge is 2.08. The van der Waals surface area contributed by atoms with Gasteiger partial charge in [0.1, 0.15) is 18.2 Å². The minimum Gasteiger partial charge on any atom is -0.492 e. The van der Waals surface area contributed by atoms with E-state index in [-0.39, 0.29) is 31.2 Å². The van der Waals surface area contributed by atoms with E-state index in [9.17, 15) is 14.0 Å². The van der Waals surface area contributed by atoms with E-state index in [1.54, 1.807) is 24.3 Å². The standard InChI is InChI=1S/C17H16ClFN2O3/c18-13-4-6-15(7-5-13)24-9-8-20-16(22)11-21-17(23)12-2-1-3-14(19)10-12/h1-7,10H,8-9,11H2,(H,20,22)(H,21,23). The van der Waals surface area contributed by atoms with Crippen LogP contribution in [0.25, 0.3) is 0 Å². The molecule has 7 heteroatoms. The van der Waals surface area contributed by atoms with Gasteiger partial charge in [-0.15, -0.1) is 0 Å². The zero-order chi connectivity index (χ0) is 17.4. The fourth-order valence-corrected chi connectivity index (χ4v) is 1.97. The van der Waals surface area contributed by atoms with Crippen LogP contribution in [-0.4, -0.2) is 31.5 Å². The molecule has 24 heavy (non-hydrogen) atoms. The first-order chi connectivity index (χ1) is 11.5. The molecule has 2 amide bonds. The Hall–Kier alpha value is -2.60. The summed E-state index contributed by atoms with van der Waals surface area (Å²) in [5, 5.41) is 5.64.